The van der Waals surface area contributed by atoms with Crippen LogP contribution in [0.1, 0.15) is 81.2 Å². The number of anilines is 1. The van der Waals surface area contributed by atoms with Crippen LogP contribution in [0, 0.1) is 17.9 Å². The zero-order valence-corrected chi connectivity index (χ0v) is 30.6. The molecular formula is C47H45N4O+. The number of aliphatic hydroxyl groups is 1. The van der Waals surface area contributed by atoms with Gasteiger partial charge in [0.1, 0.15) is 18.8 Å². The first kappa shape index (κ1) is 34.5. The summed E-state index contributed by atoms with van der Waals surface area (Å²) in [5.74, 6) is 0.121. The molecule has 5 heteroatoms. The van der Waals surface area contributed by atoms with E-state index in [-0.39, 0.29) is 11.5 Å². The van der Waals surface area contributed by atoms with Crippen molar-refractivity contribution in [2.45, 2.75) is 53.4 Å². The maximum atomic E-state index is 12.6. The molecule has 2 aliphatic rings. The van der Waals surface area contributed by atoms with Gasteiger partial charge in [-0.05, 0) is 46.9 Å². The Morgan fingerprint density at radius 2 is 1.12 bits per heavy atom. The summed E-state index contributed by atoms with van der Waals surface area (Å²) in [5.41, 5.74) is 9.90. The van der Waals surface area contributed by atoms with E-state index in [0.29, 0.717) is 16.7 Å². The Kier molecular flexibility index (Phi) is 9.80. The van der Waals surface area contributed by atoms with Crippen molar-refractivity contribution in [3.8, 4) is 6.07 Å². The predicted octanol–water partition coefficient (Wildman–Crippen LogP) is 11.1. The lowest BCUT2D eigenvalue weighted by atomic mass is 9.69. The number of fused-ring (bicyclic) bond motifs is 4. The first-order chi connectivity index (χ1) is 25.5. The van der Waals surface area contributed by atoms with Gasteiger partial charge in [-0.2, -0.15) is 0 Å². The standard InChI is InChI=1S/C47H44N4O/c1-6-26-50(27-7-2)45-35-22-14-10-18-31(35)40(32-19-11-15-23-36(32)45)43-42(39(30-48)49-5)44(47(43)52)41-33-20-12-16-24-37(33)46(51(28-8-3)29-9-4)38-25-17-13-21-34(38)41/h10-25H,6-9,26-29H2,1-4H3/p+1. The van der Waals surface area contributed by atoms with Gasteiger partial charge in [-0.1, -0.05) is 113 Å². The van der Waals surface area contributed by atoms with E-state index in [1.54, 1.807) is 0 Å². The quantitative estimate of drug-likeness (QED) is 0.0678. The number of hydrogen-bond acceptors (Lipinski definition) is 3. The third kappa shape index (κ3) is 5.49. The second-order valence-corrected chi connectivity index (χ2v) is 13.6. The summed E-state index contributed by atoms with van der Waals surface area (Å²) >= 11 is 0. The van der Waals surface area contributed by atoms with Crippen molar-refractivity contribution in [2.75, 3.05) is 31.1 Å². The molecule has 5 aromatic carbocycles. The first-order valence-corrected chi connectivity index (χ1v) is 18.7. The molecule has 1 N–H and O–H groups in total. The Hall–Kier alpha value is -5.91. The molecule has 0 fully saturated rings. The van der Waals surface area contributed by atoms with Gasteiger partial charge in [-0.25, -0.2) is 14.7 Å². The Labute approximate surface area is 307 Å². The van der Waals surface area contributed by atoms with Crippen LogP contribution in [-0.2, 0) is 0 Å². The van der Waals surface area contributed by atoms with Crippen LogP contribution in [0.4, 0.5) is 5.69 Å². The molecule has 0 atom stereocenters. The summed E-state index contributed by atoms with van der Waals surface area (Å²) in [6.07, 6.45) is 4.09. The molecule has 0 radical (unpaired) electrons. The summed E-state index contributed by atoms with van der Waals surface area (Å²) in [4.78, 5) is 6.29. The SMILES string of the molecule is [C-]#[N+]C(C#N)=C1C(=C2c3ccccc3C(=[N+](CCC)CCC)c3ccccc32)C(O)=C1c1c2ccccc2c(N(CCC)CCC)c2ccccc12. The van der Waals surface area contributed by atoms with Crippen LogP contribution in [0.3, 0.4) is 0 Å². The van der Waals surface area contributed by atoms with E-state index in [1.165, 1.54) is 11.4 Å². The van der Waals surface area contributed by atoms with Gasteiger partial charge in [0.25, 0.3) is 5.70 Å². The van der Waals surface area contributed by atoms with E-state index in [1.807, 2.05) is 24.3 Å². The van der Waals surface area contributed by atoms with Crippen molar-refractivity contribution < 1.29 is 9.68 Å². The lowest BCUT2D eigenvalue weighted by Gasteiger charge is -2.35. The molecule has 0 saturated heterocycles. The summed E-state index contributed by atoms with van der Waals surface area (Å²) in [5, 5.41) is 27.3. The van der Waals surface area contributed by atoms with E-state index in [0.717, 1.165) is 107 Å². The summed E-state index contributed by atoms with van der Waals surface area (Å²) in [6.45, 7) is 20.8. The lowest BCUT2D eigenvalue weighted by Crippen LogP contribution is -2.30. The summed E-state index contributed by atoms with van der Waals surface area (Å²) in [6, 6.07) is 35.8. The number of nitrogens with zero attached hydrogens (tertiary/aromatic N) is 4. The zero-order chi connectivity index (χ0) is 36.4. The molecular weight excluding hydrogens is 637 g/mol. The predicted molar refractivity (Wildman–Crippen MR) is 216 cm³/mol. The van der Waals surface area contributed by atoms with Gasteiger partial charge in [0.15, 0.2) is 0 Å². The number of hydrogen-bond donors (Lipinski definition) is 1. The maximum Gasteiger partial charge on any atom is 0.270 e. The Morgan fingerprint density at radius 3 is 1.56 bits per heavy atom. The number of rotatable bonds is 10. The van der Waals surface area contributed by atoms with Gasteiger partial charge in [0.05, 0.1) is 29.5 Å². The minimum absolute atomic E-state index is 0.0190. The fraction of sp³-hybridized carbons (Fsp3) is 0.255. The smallest absolute Gasteiger partial charge is 0.270 e. The molecule has 52 heavy (non-hydrogen) atoms. The lowest BCUT2D eigenvalue weighted by molar-refractivity contribution is -0.527. The highest BCUT2D eigenvalue weighted by Gasteiger charge is 2.42. The first-order valence-electron chi connectivity index (χ1n) is 18.7. The molecule has 0 aliphatic heterocycles. The molecule has 0 saturated carbocycles. The topological polar surface area (TPSA) is 54.6 Å². The highest BCUT2D eigenvalue weighted by atomic mass is 16.3. The summed E-state index contributed by atoms with van der Waals surface area (Å²) < 4.78 is 2.48. The largest absolute Gasteiger partial charge is 0.507 e. The second kappa shape index (κ2) is 14.7. The highest BCUT2D eigenvalue weighted by molar-refractivity contribution is 6.25. The van der Waals surface area contributed by atoms with E-state index >= 15 is 0 Å². The maximum absolute atomic E-state index is 12.6. The minimum Gasteiger partial charge on any atom is -0.507 e. The van der Waals surface area contributed by atoms with Crippen molar-refractivity contribution in [1.29, 1.82) is 5.26 Å². The van der Waals surface area contributed by atoms with Crippen LogP contribution in [-0.4, -0.2) is 41.6 Å². The van der Waals surface area contributed by atoms with Gasteiger partial charge in [0, 0.05) is 64.6 Å². The molecule has 2 aliphatic carbocycles. The van der Waals surface area contributed by atoms with E-state index in [2.05, 4.69) is 121 Å². The zero-order valence-electron chi connectivity index (χ0n) is 30.6. The van der Waals surface area contributed by atoms with Gasteiger partial charge in [-0.3, -0.25) is 0 Å². The fourth-order valence-electron chi connectivity index (χ4n) is 8.47. The van der Waals surface area contributed by atoms with Crippen molar-refractivity contribution in [3.05, 3.63) is 159 Å². The molecule has 0 aromatic heterocycles. The average Bonchev–Trinajstić information content (AvgIpc) is 3.17. The Morgan fingerprint density at radius 1 is 0.654 bits per heavy atom. The van der Waals surface area contributed by atoms with Crippen LogP contribution < -0.4 is 4.90 Å². The number of allylic oxidation sites excluding steroid dienone is 3. The third-order valence-electron chi connectivity index (χ3n) is 10.3. The molecule has 5 nitrogen and oxygen atoms in total. The van der Waals surface area contributed by atoms with Crippen molar-refractivity contribution in [1.82, 2.24) is 0 Å². The van der Waals surface area contributed by atoms with Gasteiger partial charge >= 0.3 is 0 Å². The Bertz CT molecular complexity index is 2310. The van der Waals surface area contributed by atoms with Crippen LogP contribution in [0.15, 0.2) is 120 Å². The van der Waals surface area contributed by atoms with Gasteiger partial charge in [-0.15, -0.1) is 0 Å². The number of nitriles is 1. The average molecular weight is 682 g/mol. The Balaban J connectivity index is 1.62. The van der Waals surface area contributed by atoms with E-state index in [4.69, 9.17) is 6.57 Å². The molecule has 0 unspecified atom stereocenters. The second-order valence-electron chi connectivity index (χ2n) is 13.6. The molecule has 7 rings (SSSR count). The van der Waals surface area contributed by atoms with E-state index < -0.39 is 0 Å². The molecule has 258 valence electrons. The van der Waals surface area contributed by atoms with Crippen molar-refractivity contribution in [3.63, 3.8) is 0 Å². The van der Waals surface area contributed by atoms with Crippen molar-refractivity contribution >= 4 is 44.1 Å². The van der Waals surface area contributed by atoms with E-state index in [9.17, 15) is 10.4 Å². The molecule has 0 heterocycles. The molecule has 0 bridgehead atoms. The molecule has 0 spiro atoms. The minimum atomic E-state index is -0.0190. The third-order valence-corrected chi connectivity index (χ3v) is 10.3. The van der Waals surface area contributed by atoms with Crippen LogP contribution in [0.5, 0.6) is 0 Å². The monoisotopic (exact) mass is 681 g/mol. The normalized spacial score (nSPS) is 14.5. The van der Waals surface area contributed by atoms with Crippen LogP contribution in [0.25, 0.3) is 37.5 Å². The van der Waals surface area contributed by atoms with Crippen molar-refractivity contribution in [2.24, 2.45) is 0 Å². The van der Waals surface area contributed by atoms with Gasteiger partial charge in [0.2, 0.25) is 5.71 Å². The highest BCUT2D eigenvalue weighted by Crippen LogP contribution is 2.56. The van der Waals surface area contributed by atoms with Crippen LogP contribution >= 0.6 is 0 Å². The van der Waals surface area contributed by atoms with Gasteiger partial charge < -0.3 is 10.0 Å². The number of aliphatic hydroxyl groups excluding tert-OH is 1. The molecule has 5 aromatic rings. The fourth-order valence-corrected chi connectivity index (χ4v) is 8.47. The van der Waals surface area contributed by atoms with Crippen LogP contribution in [0.2, 0.25) is 0 Å². The summed E-state index contributed by atoms with van der Waals surface area (Å²) in [7, 11) is 0. The number of benzene rings is 5. The molecule has 0 amide bonds.